The molecule has 1 N–H and O–H groups in total. The molecule has 0 unspecified atom stereocenters. The second kappa shape index (κ2) is 6.17. The molecule has 0 saturated heterocycles. The lowest BCUT2D eigenvalue weighted by molar-refractivity contribution is 0.274. The Hall–Kier alpha value is -0.690. The van der Waals surface area contributed by atoms with E-state index in [-0.39, 0.29) is 23.3 Å². The SMILES string of the molecule is OCc1cc(Br)cnc1Oc1cc(F)c(Cl)cc1Br. The minimum atomic E-state index is -0.595. The van der Waals surface area contributed by atoms with Crippen LogP contribution in [-0.2, 0) is 6.61 Å². The number of hydrogen-bond acceptors (Lipinski definition) is 3. The maximum absolute atomic E-state index is 13.4. The zero-order valence-electron chi connectivity index (χ0n) is 9.33. The van der Waals surface area contributed by atoms with Crippen LogP contribution >= 0.6 is 43.5 Å². The largest absolute Gasteiger partial charge is 0.437 e. The summed E-state index contributed by atoms with van der Waals surface area (Å²) in [6.45, 7) is -0.241. The summed E-state index contributed by atoms with van der Waals surface area (Å²) >= 11 is 12.1. The molecule has 0 bridgehead atoms. The number of aromatic nitrogens is 1. The van der Waals surface area contributed by atoms with Crippen LogP contribution in [0.4, 0.5) is 4.39 Å². The molecule has 0 spiro atoms. The van der Waals surface area contributed by atoms with Gasteiger partial charge in [-0.15, -0.1) is 0 Å². The van der Waals surface area contributed by atoms with E-state index in [1.807, 2.05) is 0 Å². The van der Waals surface area contributed by atoms with Crippen LogP contribution < -0.4 is 4.74 Å². The van der Waals surface area contributed by atoms with Crippen LogP contribution in [0.5, 0.6) is 11.6 Å². The van der Waals surface area contributed by atoms with Crippen LogP contribution in [0.25, 0.3) is 0 Å². The maximum atomic E-state index is 13.4. The van der Waals surface area contributed by atoms with Crippen LogP contribution in [-0.4, -0.2) is 10.1 Å². The van der Waals surface area contributed by atoms with E-state index < -0.39 is 5.82 Å². The van der Waals surface area contributed by atoms with Gasteiger partial charge in [0.25, 0.3) is 0 Å². The predicted molar refractivity (Wildman–Crippen MR) is 77.0 cm³/mol. The first-order valence-corrected chi connectivity index (χ1v) is 7.05. The van der Waals surface area contributed by atoms with E-state index in [1.54, 1.807) is 6.07 Å². The number of hydrogen-bond donors (Lipinski definition) is 1. The van der Waals surface area contributed by atoms with Crippen molar-refractivity contribution < 1.29 is 14.2 Å². The van der Waals surface area contributed by atoms with E-state index in [4.69, 9.17) is 16.3 Å². The standard InChI is InChI=1S/C12H7Br2ClFNO2/c13-7-1-6(5-18)12(17-4-7)19-11-3-10(16)9(15)2-8(11)14/h1-4,18H,5H2. The number of benzene rings is 1. The molecule has 2 aromatic rings. The molecule has 100 valence electrons. The fourth-order valence-electron chi connectivity index (χ4n) is 1.36. The average Bonchev–Trinajstić information content (AvgIpc) is 2.37. The lowest BCUT2D eigenvalue weighted by Crippen LogP contribution is -1.96. The monoisotopic (exact) mass is 409 g/mol. The molecule has 19 heavy (non-hydrogen) atoms. The number of aliphatic hydroxyl groups is 1. The summed E-state index contributed by atoms with van der Waals surface area (Å²) in [6.07, 6.45) is 1.52. The summed E-state index contributed by atoms with van der Waals surface area (Å²) in [6, 6.07) is 4.21. The second-order valence-electron chi connectivity index (χ2n) is 3.57. The molecular formula is C12H7Br2ClFNO2. The molecule has 0 radical (unpaired) electrons. The van der Waals surface area contributed by atoms with Gasteiger partial charge in [0.2, 0.25) is 5.88 Å². The summed E-state index contributed by atoms with van der Waals surface area (Å²) in [5.74, 6) is -0.165. The van der Waals surface area contributed by atoms with Crippen molar-refractivity contribution in [2.24, 2.45) is 0 Å². The number of rotatable bonds is 3. The molecule has 0 aliphatic heterocycles. The molecule has 0 saturated carbocycles. The molecule has 0 fully saturated rings. The van der Waals surface area contributed by atoms with Crippen LogP contribution in [0, 0.1) is 5.82 Å². The summed E-state index contributed by atoms with van der Waals surface area (Å²) in [4.78, 5) is 4.03. The van der Waals surface area contributed by atoms with Crippen molar-refractivity contribution >= 4 is 43.5 Å². The van der Waals surface area contributed by atoms with Gasteiger partial charge in [0.15, 0.2) is 0 Å². The summed E-state index contributed by atoms with van der Waals surface area (Å²) in [5, 5.41) is 9.23. The minimum absolute atomic E-state index is 0.00891. The molecule has 0 aliphatic carbocycles. The Morgan fingerprint density at radius 1 is 1.32 bits per heavy atom. The molecule has 3 nitrogen and oxygen atoms in total. The van der Waals surface area contributed by atoms with Crippen LogP contribution in [0.15, 0.2) is 33.3 Å². The van der Waals surface area contributed by atoms with Crippen LogP contribution in [0.3, 0.4) is 0 Å². The number of ether oxygens (including phenoxy) is 1. The van der Waals surface area contributed by atoms with Crippen molar-refractivity contribution in [3.05, 3.63) is 49.7 Å². The van der Waals surface area contributed by atoms with E-state index in [0.29, 0.717) is 14.5 Å². The number of aliphatic hydroxyl groups excluding tert-OH is 1. The van der Waals surface area contributed by atoms with E-state index in [0.717, 1.165) is 6.07 Å². The molecule has 0 aliphatic rings. The van der Waals surface area contributed by atoms with Gasteiger partial charge in [0.1, 0.15) is 11.6 Å². The Morgan fingerprint density at radius 2 is 2.05 bits per heavy atom. The first-order valence-electron chi connectivity index (χ1n) is 5.09. The van der Waals surface area contributed by atoms with Gasteiger partial charge in [-0.2, -0.15) is 0 Å². The highest BCUT2D eigenvalue weighted by Crippen LogP contribution is 2.34. The van der Waals surface area contributed by atoms with Crippen molar-refractivity contribution in [1.82, 2.24) is 4.98 Å². The Morgan fingerprint density at radius 3 is 2.74 bits per heavy atom. The van der Waals surface area contributed by atoms with Crippen molar-refractivity contribution in [2.45, 2.75) is 6.61 Å². The minimum Gasteiger partial charge on any atom is -0.437 e. The molecule has 1 heterocycles. The third-order valence-corrected chi connectivity index (χ3v) is 3.59. The zero-order chi connectivity index (χ0) is 14.0. The van der Waals surface area contributed by atoms with E-state index in [9.17, 15) is 9.50 Å². The number of pyridine rings is 1. The van der Waals surface area contributed by atoms with Gasteiger partial charge in [-0.1, -0.05) is 11.6 Å². The fourth-order valence-corrected chi connectivity index (χ4v) is 2.46. The fraction of sp³-hybridized carbons (Fsp3) is 0.0833. The number of nitrogens with zero attached hydrogens (tertiary/aromatic N) is 1. The molecule has 0 atom stereocenters. The first kappa shape index (κ1) is 14.7. The Balaban J connectivity index is 2.39. The molecule has 7 heteroatoms. The highest BCUT2D eigenvalue weighted by atomic mass is 79.9. The molecule has 2 rings (SSSR count). The van der Waals surface area contributed by atoms with Gasteiger partial charge < -0.3 is 9.84 Å². The Bertz CT molecular complexity index is 625. The summed E-state index contributed by atoms with van der Waals surface area (Å²) in [7, 11) is 0. The van der Waals surface area contributed by atoms with Gasteiger partial charge in [-0.05, 0) is 44.0 Å². The quantitative estimate of drug-likeness (QED) is 0.746. The normalized spacial score (nSPS) is 10.6. The second-order valence-corrected chi connectivity index (χ2v) is 5.75. The van der Waals surface area contributed by atoms with Crippen molar-refractivity contribution in [3.63, 3.8) is 0 Å². The average molecular weight is 411 g/mol. The summed E-state index contributed by atoms with van der Waals surface area (Å²) in [5.41, 5.74) is 0.483. The topological polar surface area (TPSA) is 42.4 Å². The van der Waals surface area contributed by atoms with Gasteiger partial charge in [-0.3, -0.25) is 0 Å². The van der Waals surface area contributed by atoms with Gasteiger partial charge in [-0.25, -0.2) is 9.37 Å². The van der Waals surface area contributed by atoms with Gasteiger partial charge in [0, 0.05) is 22.3 Å². The third-order valence-electron chi connectivity index (χ3n) is 2.24. The summed E-state index contributed by atoms with van der Waals surface area (Å²) < 4.78 is 20.1. The van der Waals surface area contributed by atoms with Crippen molar-refractivity contribution in [3.8, 4) is 11.6 Å². The van der Waals surface area contributed by atoms with E-state index in [1.165, 1.54) is 12.3 Å². The molecule has 1 aromatic carbocycles. The first-order chi connectivity index (χ1) is 9.01. The highest BCUT2D eigenvalue weighted by Gasteiger charge is 2.12. The Labute approximate surface area is 130 Å². The zero-order valence-corrected chi connectivity index (χ0v) is 13.3. The smallest absolute Gasteiger partial charge is 0.224 e. The van der Waals surface area contributed by atoms with Crippen LogP contribution in [0.2, 0.25) is 5.02 Å². The maximum Gasteiger partial charge on any atom is 0.224 e. The van der Waals surface area contributed by atoms with E-state index in [2.05, 4.69) is 36.8 Å². The molecule has 0 amide bonds. The van der Waals surface area contributed by atoms with Gasteiger partial charge >= 0.3 is 0 Å². The lowest BCUT2D eigenvalue weighted by Gasteiger charge is -2.10. The lowest BCUT2D eigenvalue weighted by atomic mass is 10.3. The predicted octanol–water partition coefficient (Wildman–Crippen LogP) is 4.68. The highest BCUT2D eigenvalue weighted by molar-refractivity contribution is 9.10. The van der Waals surface area contributed by atoms with Crippen molar-refractivity contribution in [2.75, 3.05) is 0 Å². The van der Waals surface area contributed by atoms with Gasteiger partial charge in [0.05, 0.1) is 16.1 Å². The van der Waals surface area contributed by atoms with Crippen LogP contribution in [0.1, 0.15) is 5.56 Å². The Kier molecular flexibility index (Phi) is 4.78. The third kappa shape index (κ3) is 3.45. The number of halogens is 4. The molecule has 1 aromatic heterocycles. The van der Waals surface area contributed by atoms with E-state index >= 15 is 0 Å². The van der Waals surface area contributed by atoms with Crippen molar-refractivity contribution in [1.29, 1.82) is 0 Å². The molecular weight excluding hydrogens is 404 g/mol.